The van der Waals surface area contributed by atoms with Crippen molar-refractivity contribution in [3.05, 3.63) is 35.9 Å². The van der Waals surface area contributed by atoms with Crippen LogP contribution < -0.4 is 0 Å². The largest absolute Gasteiger partial charge is 0.444 e. The summed E-state index contributed by atoms with van der Waals surface area (Å²) in [5, 5.41) is 0.0343. The predicted octanol–water partition coefficient (Wildman–Crippen LogP) is 6.88. The molecule has 3 unspecified atom stereocenters. The zero-order valence-electron chi connectivity index (χ0n) is 20.0. The average molecular weight is 438 g/mol. The Morgan fingerprint density at radius 1 is 1.17 bits per heavy atom. The molecule has 0 bridgehead atoms. The lowest BCUT2D eigenvalue weighted by atomic mass is 9.93. The fourth-order valence-corrected chi connectivity index (χ4v) is 4.80. The lowest BCUT2D eigenvalue weighted by Crippen LogP contribution is -2.52. The van der Waals surface area contributed by atoms with Crippen LogP contribution in [0, 0.1) is 0 Å². The topological polar surface area (TPSA) is 38.8 Å². The number of hydrogen-bond donors (Lipinski definition) is 0. The summed E-state index contributed by atoms with van der Waals surface area (Å²) >= 11 is 0. The van der Waals surface area contributed by atoms with E-state index >= 15 is 4.39 Å². The van der Waals surface area contributed by atoms with E-state index in [0.717, 1.165) is 5.56 Å². The minimum absolute atomic E-state index is 0.0343. The van der Waals surface area contributed by atoms with Crippen LogP contribution in [0.15, 0.2) is 30.3 Å². The van der Waals surface area contributed by atoms with Crippen LogP contribution >= 0.6 is 0 Å². The Morgan fingerprint density at radius 2 is 1.77 bits per heavy atom. The normalized spacial score (nSPS) is 22.0. The van der Waals surface area contributed by atoms with Crippen molar-refractivity contribution in [1.82, 2.24) is 4.90 Å². The summed E-state index contributed by atoms with van der Waals surface area (Å²) in [5.74, 6) is 0. The van der Waals surface area contributed by atoms with Gasteiger partial charge in [-0.2, -0.15) is 0 Å². The lowest BCUT2D eigenvalue weighted by Gasteiger charge is -2.43. The van der Waals surface area contributed by atoms with Crippen molar-refractivity contribution < 1.29 is 18.3 Å². The molecule has 4 nitrogen and oxygen atoms in total. The van der Waals surface area contributed by atoms with Crippen LogP contribution in [0.2, 0.25) is 18.1 Å². The van der Waals surface area contributed by atoms with Gasteiger partial charge in [-0.3, -0.25) is 0 Å². The number of carbonyl (C=O) groups is 1. The van der Waals surface area contributed by atoms with Crippen molar-refractivity contribution in [3.8, 4) is 0 Å². The van der Waals surface area contributed by atoms with Crippen LogP contribution in [0.5, 0.6) is 0 Å². The van der Waals surface area contributed by atoms with Gasteiger partial charge in [-0.05, 0) is 63.7 Å². The Morgan fingerprint density at radius 3 is 2.30 bits per heavy atom. The minimum Gasteiger partial charge on any atom is -0.444 e. The standard InChI is InChI=1S/C24H40FNO3Si/c1-23(2,3)28-22(27)26-16-12-15-19(25)20(26)17-21(18-13-10-9-11-14-18)29-30(7,8)24(4,5)6/h9-11,13-14,19-21H,12,15-17H2,1-8H3. The maximum atomic E-state index is 15.1. The second kappa shape index (κ2) is 9.39. The number of rotatable bonds is 5. The fourth-order valence-electron chi connectivity index (χ4n) is 3.50. The molecule has 0 saturated carbocycles. The molecule has 1 amide bonds. The van der Waals surface area contributed by atoms with Crippen LogP contribution in [0.25, 0.3) is 0 Å². The molecule has 1 aliphatic heterocycles. The van der Waals surface area contributed by atoms with E-state index in [1.807, 2.05) is 51.1 Å². The van der Waals surface area contributed by atoms with Crippen molar-refractivity contribution in [2.75, 3.05) is 6.54 Å². The van der Waals surface area contributed by atoms with Gasteiger partial charge in [-0.15, -0.1) is 0 Å². The molecule has 1 aliphatic rings. The van der Waals surface area contributed by atoms with Crippen molar-refractivity contribution >= 4 is 14.4 Å². The SMILES string of the molecule is CC(C)(C)OC(=O)N1CCCC(F)C1CC(O[Si](C)(C)C(C)(C)C)c1ccccc1. The Balaban J connectivity index is 2.32. The van der Waals surface area contributed by atoms with Gasteiger partial charge in [0, 0.05) is 6.54 Å². The van der Waals surface area contributed by atoms with Crippen LogP contribution in [0.4, 0.5) is 9.18 Å². The Hall–Kier alpha value is -1.40. The van der Waals surface area contributed by atoms with E-state index in [-0.39, 0.29) is 11.1 Å². The van der Waals surface area contributed by atoms with Gasteiger partial charge < -0.3 is 14.1 Å². The molecule has 1 aromatic rings. The van der Waals surface area contributed by atoms with Crippen molar-refractivity contribution in [2.24, 2.45) is 0 Å². The van der Waals surface area contributed by atoms with E-state index in [9.17, 15) is 4.79 Å². The first-order chi connectivity index (χ1) is 13.7. The van der Waals surface area contributed by atoms with Gasteiger partial charge >= 0.3 is 6.09 Å². The minimum atomic E-state index is -2.10. The van der Waals surface area contributed by atoms with Crippen molar-refractivity contribution in [3.63, 3.8) is 0 Å². The Kier molecular flexibility index (Phi) is 7.78. The molecule has 2 rings (SSSR count). The first-order valence-corrected chi connectivity index (χ1v) is 14.0. The predicted molar refractivity (Wildman–Crippen MR) is 123 cm³/mol. The Bertz CT molecular complexity index is 697. The molecule has 1 heterocycles. The van der Waals surface area contributed by atoms with E-state index < -0.39 is 32.2 Å². The van der Waals surface area contributed by atoms with Crippen LogP contribution in [0.3, 0.4) is 0 Å². The fraction of sp³-hybridized carbons (Fsp3) is 0.708. The number of halogens is 1. The zero-order valence-corrected chi connectivity index (χ0v) is 21.0. The number of likely N-dealkylation sites (tertiary alicyclic amines) is 1. The molecule has 6 heteroatoms. The number of nitrogens with zero attached hydrogens (tertiary/aromatic N) is 1. The second-order valence-electron chi connectivity index (χ2n) is 10.9. The molecule has 0 aromatic heterocycles. The van der Waals surface area contributed by atoms with Crippen LogP contribution in [0.1, 0.15) is 72.5 Å². The van der Waals surface area contributed by atoms with E-state index in [4.69, 9.17) is 9.16 Å². The third kappa shape index (κ3) is 6.55. The van der Waals surface area contributed by atoms with E-state index in [1.54, 1.807) is 4.90 Å². The molecule has 1 aromatic carbocycles. The summed E-state index contributed by atoms with van der Waals surface area (Å²) in [6.45, 7) is 17.1. The summed E-state index contributed by atoms with van der Waals surface area (Å²) in [6.07, 6.45) is -0.244. The third-order valence-electron chi connectivity index (χ3n) is 6.19. The summed E-state index contributed by atoms with van der Waals surface area (Å²) in [5.41, 5.74) is 0.422. The van der Waals surface area contributed by atoms with Gasteiger partial charge in [0.1, 0.15) is 11.8 Å². The van der Waals surface area contributed by atoms with E-state index in [0.29, 0.717) is 25.8 Å². The highest BCUT2D eigenvalue weighted by Gasteiger charge is 2.43. The van der Waals surface area contributed by atoms with Gasteiger partial charge in [0.25, 0.3) is 0 Å². The molecular formula is C24H40FNO3Si. The second-order valence-corrected chi connectivity index (χ2v) is 15.7. The summed E-state index contributed by atoms with van der Waals surface area (Å²) in [6, 6.07) is 9.45. The molecular weight excluding hydrogens is 397 g/mol. The van der Waals surface area contributed by atoms with Gasteiger partial charge in [0.2, 0.25) is 0 Å². The third-order valence-corrected chi connectivity index (χ3v) is 10.7. The number of piperidine rings is 1. The molecule has 0 spiro atoms. The number of carbonyl (C=O) groups excluding carboxylic acids is 1. The van der Waals surface area contributed by atoms with Crippen LogP contribution in [-0.4, -0.2) is 43.7 Å². The summed E-state index contributed by atoms with van der Waals surface area (Å²) in [7, 11) is -2.10. The van der Waals surface area contributed by atoms with Gasteiger partial charge in [0.05, 0.1) is 12.1 Å². The van der Waals surface area contributed by atoms with E-state index in [1.165, 1.54) is 0 Å². The average Bonchev–Trinajstić information content (AvgIpc) is 2.60. The number of ether oxygens (including phenoxy) is 1. The molecule has 0 N–H and O–H groups in total. The summed E-state index contributed by atoms with van der Waals surface area (Å²) in [4.78, 5) is 14.4. The smallest absolute Gasteiger partial charge is 0.410 e. The summed E-state index contributed by atoms with van der Waals surface area (Å²) < 4.78 is 27.5. The highest BCUT2D eigenvalue weighted by Crippen LogP contribution is 2.42. The Labute approximate surface area is 183 Å². The van der Waals surface area contributed by atoms with Crippen LogP contribution in [-0.2, 0) is 9.16 Å². The quantitative estimate of drug-likeness (QED) is 0.471. The molecule has 30 heavy (non-hydrogen) atoms. The maximum Gasteiger partial charge on any atom is 0.410 e. The molecule has 1 fully saturated rings. The first-order valence-electron chi connectivity index (χ1n) is 11.1. The molecule has 1 saturated heterocycles. The van der Waals surface area contributed by atoms with Gasteiger partial charge in [-0.1, -0.05) is 51.1 Å². The number of benzene rings is 1. The van der Waals surface area contributed by atoms with Gasteiger partial charge in [0.15, 0.2) is 8.32 Å². The molecule has 0 aliphatic carbocycles. The van der Waals surface area contributed by atoms with Crippen molar-refractivity contribution in [2.45, 2.75) is 103 Å². The number of hydrogen-bond acceptors (Lipinski definition) is 3. The van der Waals surface area contributed by atoms with E-state index in [2.05, 4.69) is 33.9 Å². The maximum absolute atomic E-state index is 15.1. The number of amides is 1. The monoisotopic (exact) mass is 437 g/mol. The zero-order chi connectivity index (χ0) is 22.7. The highest BCUT2D eigenvalue weighted by atomic mass is 28.4. The first kappa shape index (κ1) is 24.9. The van der Waals surface area contributed by atoms with Gasteiger partial charge in [-0.25, -0.2) is 9.18 Å². The molecule has 170 valence electrons. The van der Waals surface area contributed by atoms with Crippen molar-refractivity contribution in [1.29, 1.82) is 0 Å². The lowest BCUT2D eigenvalue weighted by molar-refractivity contribution is -0.0152. The molecule has 3 atom stereocenters. The highest BCUT2D eigenvalue weighted by molar-refractivity contribution is 6.74. The number of alkyl halides is 1. The molecule has 0 radical (unpaired) electrons.